The molecule has 0 aromatic heterocycles. The Morgan fingerprint density at radius 1 is 1.15 bits per heavy atom. The standard InChI is InChI=1S/C12H25N/c1-11(2)9-7-6-8-10-13-12(3,4)5/h13H,1,6-10H2,2-5H3. The minimum Gasteiger partial charge on any atom is -0.312 e. The number of rotatable bonds is 6. The van der Waals surface area contributed by atoms with Crippen LogP contribution in [0.3, 0.4) is 0 Å². The molecule has 0 amide bonds. The molecule has 0 rings (SSSR count). The summed E-state index contributed by atoms with van der Waals surface area (Å²) in [6.45, 7) is 13.8. The largest absolute Gasteiger partial charge is 0.312 e. The Morgan fingerprint density at radius 3 is 2.23 bits per heavy atom. The summed E-state index contributed by atoms with van der Waals surface area (Å²) in [5.74, 6) is 0. The van der Waals surface area contributed by atoms with Crippen LogP contribution in [0.1, 0.15) is 53.4 Å². The second-order valence-electron chi connectivity index (χ2n) is 4.94. The second kappa shape index (κ2) is 6.20. The van der Waals surface area contributed by atoms with E-state index in [1.165, 1.54) is 31.3 Å². The maximum atomic E-state index is 3.90. The fourth-order valence-corrected chi connectivity index (χ4v) is 1.19. The molecule has 0 aromatic rings. The van der Waals surface area contributed by atoms with Gasteiger partial charge in [-0.25, -0.2) is 0 Å². The van der Waals surface area contributed by atoms with Gasteiger partial charge in [0.05, 0.1) is 0 Å². The summed E-state index contributed by atoms with van der Waals surface area (Å²) in [5.41, 5.74) is 1.58. The van der Waals surface area contributed by atoms with Gasteiger partial charge in [0.1, 0.15) is 0 Å². The van der Waals surface area contributed by atoms with Crippen LogP contribution >= 0.6 is 0 Å². The lowest BCUT2D eigenvalue weighted by molar-refractivity contribution is 0.417. The van der Waals surface area contributed by atoms with E-state index in [2.05, 4.69) is 39.6 Å². The van der Waals surface area contributed by atoms with Crippen LogP contribution in [0.4, 0.5) is 0 Å². The first-order valence-corrected chi connectivity index (χ1v) is 5.31. The fraction of sp³-hybridized carbons (Fsp3) is 0.833. The van der Waals surface area contributed by atoms with E-state index in [9.17, 15) is 0 Å². The van der Waals surface area contributed by atoms with Crippen molar-refractivity contribution in [1.82, 2.24) is 5.32 Å². The van der Waals surface area contributed by atoms with Crippen molar-refractivity contribution in [3.8, 4) is 0 Å². The summed E-state index contributed by atoms with van der Waals surface area (Å²) in [6.07, 6.45) is 5.08. The van der Waals surface area contributed by atoms with Crippen molar-refractivity contribution in [3.05, 3.63) is 12.2 Å². The van der Waals surface area contributed by atoms with Gasteiger partial charge in [0.25, 0.3) is 0 Å². The van der Waals surface area contributed by atoms with Gasteiger partial charge in [-0.3, -0.25) is 0 Å². The average molecular weight is 183 g/mol. The molecule has 78 valence electrons. The van der Waals surface area contributed by atoms with E-state index in [-0.39, 0.29) is 5.54 Å². The third-order valence-electron chi connectivity index (χ3n) is 1.94. The van der Waals surface area contributed by atoms with Gasteiger partial charge >= 0.3 is 0 Å². The van der Waals surface area contributed by atoms with Gasteiger partial charge in [0, 0.05) is 5.54 Å². The normalized spacial score (nSPS) is 11.7. The molecule has 0 saturated heterocycles. The first-order chi connectivity index (χ1) is 5.92. The third kappa shape index (κ3) is 11.7. The minimum atomic E-state index is 0.272. The maximum Gasteiger partial charge on any atom is 0.00965 e. The highest BCUT2D eigenvalue weighted by Gasteiger charge is 2.06. The van der Waals surface area contributed by atoms with Crippen LogP contribution in [0.2, 0.25) is 0 Å². The van der Waals surface area contributed by atoms with Crippen LogP contribution in [0.25, 0.3) is 0 Å². The van der Waals surface area contributed by atoms with Crippen LogP contribution in [0, 0.1) is 0 Å². The Labute approximate surface area is 83.6 Å². The van der Waals surface area contributed by atoms with Crippen molar-refractivity contribution < 1.29 is 0 Å². The Hall–Kier alpha value is -0.300. The van der Waals surface area contributed by atoms with Crippen molar-refractivity contribution >= 4 is 0 Å². The first-order valence-electron chi connectivity index (χ1n) is 5.31. The topological polar surface area (TPSA) is 12.0 Å². The zero-order chi connectivity index (χ0) is 10.3. The summed E-state index contributed by atoms with van der Waals surface area (Å²) >= 11 is 0. The Bertz CT molecular complexity index is 142. The van der Waals surface area contributed by atoms with E-state index < -0.39 is 0 Å². The van der Waals surface area contributed by atoms with Crippen LogP contribution in [0.15, 0.2) is 12.2 Å². The van der Waals surface area contributed by atoms with Gasteiger partial charge in [0.2, 0.25) is 0 Å². The van der Waals surface area contributed by atoms with Crippen LogP contribution < -0.4 is 5.32 Å². The van der Waals surface area contributed by atoms with Crippen molar-refractivity contribution in [1.29, 1.82) is 0 Å². The van der Waals surface area contributed by atoms with Crippen LogP contribution in [-0.2, 0) is 0 Å². The van der Waals surface area contributed by atoms with E-state index in [0.717, 1.165) is 6.54 Å². The van der Waals surface area contributed by atoms with Crippen molar-refractivity contribution in [2.24, 2.45) is 0 Å². The zero-order valence-corrected chi connectivity index (χ0v) is 9.74. The highest BCUT2D eigenvalue weighted by atomic mass is 14.9. The summed E-state index contributed by atoms with van der Waals surface area (Å²) in [4.78, 5) is 0. The average Bonchev–Trinajstić information content (AvgIpc) is 1.93. The van der Waals surface area contributed by atoms with Gasteiger partial charge in [-0.05, 0) is 53.5 Å². The molecule has 0 radical (unpaired) electrons. The molecule has 0 saturated carbocycles. The van der Waals surface area contributed by atoms with Crippen molar-refractivity contribution in [2.45, 2.75) is 58.9 Å². The molecule has 0 atom stereocenters. The molecule has 1 N–H and O–H groups in total. The molecule has 1 heteroatoms. The summed E-state index contributed by atoms with van der Waals surface area (Å²) in [5, 5.41) is 3.49. The smallest absolute Gasteiger partial charge is 0.00965 e. The van der Waals surface area contributed by atoms with Crippen LogP contribution in [0.5, 0.6) is 0 Å². The predicted octanol–water partition coefficient (Wildman–Crippen LogP) is 3.51. The first kappa shape index (κ1) is 12.7. The molecule has 13 heavy (non-hydrogen) atoms. The van der Waals surface area contributed by atoms with Crippen LogP contribution in [-0.4, -0.2) is 12.1 Å². The Morgan fingerprint density at radius 2 is 1.77 bits per heavy atom. The van der Waals surface area contributed by atoms with E-state index in [1.807, 2.05) is 0 Å². The number of nitrogens with one attached hydrogen (secondary N) is 1. The van der Waals surface area contributed by atoms with Gasteiger partial charge in [0.15, 0.2) is 0 Å². The van der Waals surface area contributed by atoms with Gasteiger partial charge in [-0.1, -0.05) is 12.0 Å². The highest BCUT2D eigenvalue weighted by molar-refractivity contribution is 4.87. The Balaban J connectivity index is 3.13. The molecule has 0 unspecified atom stereocenters. The molecule has 1 nitrogen and oxygen atoms in total. The zero-order valence-electron chi connectivity index (χ0n) is 9.74. The van der Waals surface area contributed by atoms with Crippen molar-refractivity contribution in [3.63, 3.8) is 0 Å². The van der Waals surface area contributed by atoms with Gasteiger partial charge < -0.3 is 5.32 Å². The third-order valence-corrected chi connectivity index (χ3v) is 1.94. The van der Waals surface area contributed by atoms with E-state index in [4.69, 9.17) is 0 Å². The number of allylic oxidation sites excluding steroid dienone is 1. The molecular formula is C12H25N. The van der Waals surface area contributed by atoms with E-state index in [0.29, 0.717) is 0 Å². The monoisotopic (exact) mass is 183 g/mol. The summed E-state index contributed by atoms with van der Waals surface area (Å²) < 4.78 is 0. The fourth-order valence-electron chi connectivity index (χ4n) is 1.19. The lowest BCUT2D eigenvalue weighted by atomic mass is 10.1. The van der Waals surface area contributed by atoms with Gasteiger partial charge in [-0.2, -0.15) is 0 Å². The molecule has 0 spiro atoms. The molecule has 0 bridgehead atoms. The number of hydrogen-bond acceptors (Lipinski definition) is 1. The number of unbranched alkanes of at least 4 members (excludes halogenated alkanes) is 2. The van der Waals surface area contributed by atoms with Gasteiger partial charge in [-0.15, -0.1) is 6.58 Å². The van der Waals surface area contributed by atoms with E-state index >= 15 is 0 Å². The molecule has 0 aliphatic carbocycles. The molecule has 0 aliphatic heterocycles. The number of hydrogen-bond donors (Lipinski definition) is 1. The minimum absolute atomic E-state index is 0.272. The Kier molecular flexibility index (Phi) is 6.06. The lowest BCUT2D eigenvalue weighted by Crippen LogP contribution is -2.36. The maximum absolute atomic E-state index is 3.90. The summed E-state index contributed by atoms with van der Waals surface area (Å²) in [6, 6.07) is 0. The molecule has 0 fully saturated rings. The van der Waals surface area contributed by atoms with Crippen molar-refractivity contribution in [2.75, 3.05) is 6.54 Å². The summed E-state index contributed by atoms with van der Waals surface area (Å²) in [7, 11) is 0. The quantitative estimate of drug-likeness (QED) is 0.491. The molecular weight excluding hydrogens is 158 g/mol. The second-order valence-corrected chi connectivity index (χ2v) is 4.94. The molecule has 0 aliphatic rings. The highest BCUT2D eigenvalue weighted by Crippen LogP contribution is 2.06. The molecule has 0 aromatic carbocycles. The SMILES string of the molecule is C=C(C)CCCCCNC(C)(C)C. The van der Waals surface area contributed by atoms with E-state index in [1.54, 1.807) is 0 Å². The molecule has 0 heterocycles. The lowest BCUT2D eigenvalue weighted by Gasteiger charge is -2.20. The predicted molar refractivity (Wildman–Crippen MR) is 61.0 cm³/mol.